The van der Waals surface area contributed by atoms with Crippen molar-refractivity contribution in [3.05, 3.63) is 66.1 Å². The van der Waals surface area contributed by atoms with Gasteiger partial charge in [0.15, 0.2) is 5.82 Å². The van der Waals surface area contributed by atoms with Crippen LogP contribution in [0.4, 0.5) is 0 Å². The zero-order valence-electron chi connectivity index (χ0n) is 12.7. The molecule has 1 unspecified atom stereocenters. The van der Waals surface area contributed by atoms with E-state index in [1.165, 1.54) is 6.20 Å². The lowest BCUT2D eigenvalue weighted by atomic mass is 9.97. The van der Waals surface area contributed by atoms with Crippen molar-refractivity contribution in [2.75, 3.05) is 0 Å². The zero-order chi connectivity index (χ0) is 16.2. The Morgan fingerprint density at radius 2 is 2.09 bits per heavy atom. The summed E-state index contributed by atoms with van der Waals surface area (Å²) in [6.45, 7) is 2.13. The second kappa shape index (κ2) is 6.54. The lowest BCUT2D eigenvalue weighted by Crippen LogP contribution is -2.20. The van der Waals surface area contributed by atoms with Gasteiger partial charge in [0.1, 0.15) is 0 Å². The summed E-state index contributed by atoms with van der Waals surface area (Å²) in [6.07, 6.45) is 8.66. The Labute approximate surface area is 134 Å². The van der Waals surface area contributed by atoms with Gasteiger partial charge in [-0.3, -0.25) is 10.0 Å². The molecule has 1 amide bonds. The van der Waals surface area contributed by atoms with Gasteiger partial charge in [-0.25, -0.2) is 15.4 Å². The molecule has 0 saturated carbocycles. The highest BCUT2D eigenvalue weighted by atomic mass is 16.5. The van der Waals surface area contributed by atoms with Gasteiger partial charge in [-0.1, -0.05) is 55.5 Å². The number of nitrogens with one attached hydrogen (secondary N) is 1. The number of amides is 1. The van der Waals surface area contributed by atoms with E-state index in [9.17, 15) is 4.79 Å². The molecule has 2 N–H and O–H groups in total. The number of nitrogens with zero attached hydrogens (tertiary/aromatic N) is 2. The summed E-state index contributed by atoms with van der Waals surface area (Å²) in [6, 6.07) is 9.38. The molecule has 1 aromatic heterocycles. The Kier molecular flexibility index (Phi) is 4.30. The second-order valence-electron chi connectivity index (χ2n) is 5.50. The van der Waals surface area contributed by atoms with Gasteiger partial charge in [-0.15, -0.1) is 0 Å². The van der Waals surface area contributed by atoms with E-state index in [1.54, 1.807) is 5.48 Å². The first-order chi connectivity index (χ1) is 11.2. The largest absolute Gasteiger partial charge is 0.288 e. The molecule has 0 fully saturated rings. The lowest BCUT2D eigenvalue weighted by molar-refractivity contribution is 0.0706. The average molecular weight is 307 g/mol. The minimum atomic E-state index is -0.628. The van der Waals surface area contributed by atoms with Gasteiger partial charge in [0, 0.05) is 17.3 Å². The quantitative estimate of drug-likeness (QED) is 0.674. The van der Waals surface area contributed by atoms with Crippen LogP contribution in [0.25, 0.3) is 16.8 Å². The summed E-state index contributed by atoms with van der Waals surface area (Å²) < 4.78 is 0. The predicted octanol–water partition coefficient (Wildman–Crippen LogP) is 3.24. The molecule has 1 aliphatic rings. The first-order valence-corrected chi connectivity index (χ1v) is 7.44. The van der Waals surface area contributed by atoms with Gasteiger partial charge in [0.05, 0.1) is 11.3 Å². The number of hydroxylamine groups is 1. The number of rotatable bonds is 3. The molecular weight excluding hydrogens is 290 g/mol. The number of hydrogen-bond donors (Lipinski definition) is 2. The molecule has 2 aromatic rings. The highest BCUT2D eigenvalue weighted by molar-refractivity contribution is 5.99. The molecule has 0 bridgehead atoms. The van der Waals surface area contributed by atoms with Gasteiger partial charge in [0.25, 0.3) is 5.91 Å². The standard InChI is InChI=1S/C18H17N3O2/c1-12-6-5-9-14(10-12)17-19-11-15(18(22)21-23)16(20-17)13-7-3-2-4-8-13/h2-5,7-12,23H,6H2,1H3,(H,21,22). The molecule has 1 aromatic carbocycles. The molecule has 23 heavy (non-hydrogen) atoms. The second-order valence-corrected chi connectivity index (χ2v) is 5.50. The van der Waals surface area contributed by atoms with Crippen molar-refractivity contribution < 1.29 is 10.0 Å². The Bertz CT molecular complexity index is 782. The maximum absolute atomic E-state index is 11.9. The van der Waals surface area contributed by atoms with Crippen molar-refractivity contribution in [2.24, 2.45) is 5.92 Å². The molecule has 0 aliphatic heterocycles. The van der Waals surface area contributed by atoms with Crippen LogP contribution in [0, 0.1) is 5.92 Å². The maximum Gasteiger partial charge on any atom is 0.278 e. The highest BCUT2D eigenvalue weighted by Crippen LogP contribution is 2.26. The third-order valence-electron chi connectivity index (χ3n) is 3.71. The van der Waals surface area contributed by atoms with E-state index < -0.39 is 5.91 Å². The van der Waals surface area contributed by atoms with Gasteiger partial charge in [0.2, 0.25) is 0 Å². The third kappa shape index (κ3) is 3.19. The molecule has 5 nitrogen and oxygen atoms in total. The van der Waals surface area contributed by atoms with Crippen LogP contribution in [-0.2, 0) is 0 Å². The van der Waals surface area contributed by atoms with Crippen molar-refractivity contribution in [3.8, 4) is 11.3 Å². The van der Waals surface area contributed by atoms with Crippen LogP contribution in [0.3, 0.4) is 0 Å². The van der Waals surface area contributed by atoms with Gasteiger partial charge >= 0.3 is 0 Å². The number of benzene rings is 1. The van der Waals surface area contributed by atoms with Crippen molar-refractivity contribution in [1.29, 1.82) is 0 Å². The topological polar surface area (TPSA) is 75.1 Å². The van der Waals surface area contributed by atoms with Crippen LogP contribution in [0.5, 0.6) is 0 Å². The van der Waals surface area contributed by atoms with Crippen LogP contribution in [0.2, 0.25) is 0 Å². The summed E-state index contributed by atoms with van der Waals surface area (Å²) >= 11 is 0. The normalized spacial score (nSPS) is 16.8. The van der Waals surface area contributed by atoms with E-state index in [1.807, 2.05) is 36.4 Å². The fourth-order valence-electron chi connectivity index (χ4n) is 2.55. The maximum atomic E-state index is 11.9. The molecule has 1 heterocycles. The molecule has 0 spiro atoms. The minimum Gasteiger partial charge on any atom is -0.288 e. The van der Waals surface area contributed by atoms with E-state index in [0.717, 1.165) is 17.6 Å². The van der Waals surface area contributed by atoms with E-state index in [-0.39, 0.29) is 5.56 Å². The monoisotopic (exact) mass is 307 g/mol. The van der Waals surface area contributed by atoms with E-state index in [0.29, 0.717) is 17.4 Å². The van der Waals surface area contributed by atoms with Crippen molar-refractivity contribution >= 4 is 11.5 Å². The molecule has 0 radical (unpaired) electrons. The van der Waals surface area contributed by atoms with Crippen LogP contribution in [-0.4, -0.2) is 21.1 Å². The Morgan fingerprint density at radius 3 is 2.78 bits per heavy atom. The number of carbonyl (C=O) groups is 1. The fraction of sp³-hybridized carbons (Fsp3) is 0.167. The minimum absolute atomic E-state index is 0.232. The van der Waals surface area contributed by atoms with Crippen molar-refractivity contribution in [1.82, 2.24) is 15.4 Å². The molecule has 3 rings (SSSR count). The van der Waals surface area contributed by atoms with Crippen LogP contribution in [0.1, 0.15) is 29.5 Å². The van der Waals surface area contributed by atoms with Gasteiger partial charge < -0.3 is 0 Å². The molecule has 0 saturated heterocycles. The smallest absolute Gasteiger partial charge is 0.278 e. The SMILES string of the molecule is CC1C=C(c2ncc(C(=O)NO)c(-c3ccccc3)n2)C=CC1. The van der Waals surface area contributed by atoms with Gasteiger partial charge in [-0.05, 0) is 12.3 Å². The van der Waals surface area contributed by atoms with Crippen LogP contribution in [0.15, 0.2) is 54.8 Å². The van der Waals surface area contributed by atoms with Crippen molar-refractivity contribution in [2.45, 2.75) is 13.3 Å². The summed E-state index contributed by atoms with van der Waals surface area (Å²) in [5.74, 6) is 0.372. The summed E-state index contributed by atoms with van der Waals surface area (Å²) in [5, 5.41) is 8.93. The fourth-order valence-corrected chi connectivity index (χ4v) is 2.55. The first kappa shape index (κ1) is 15.1. The summed E-state index contributed by atoms with van der Waals surface area (Å²) in [5.41, 5.74) is 4.11. The van der Waals surface area contributed by atoms with Crippen molar-refractivity contribution in [3.63, 3.8) is 0 Å². The predicted molar refractivity (Wildman–Crippen MR) is 87.6 cm³/mol. The molecule has 1 atom stereocenters. The molecular formula is C18H17N3O2. The zero-order valence-corrected chi connectivity index (χ0v) is 12.7. The van der Waals surface area contributed by atoms with E-state index in [2.05, 4.69) is 29.0 Å². The van der Waals surface area contributed by atoms with Gasteiger partial charge in [-0.2, -0.15) is 0 Å². The summed E-state index contributed by atoms with van der Waals surface area (Å²) in [4.78, 5) is 20.7. The number of hydrogen-bond acceptors (Lipinski definition) is 4. The Balaban J connectivity index is 2.12. The molecule has 116 valence electrons. The van der Waals surface area contributed by atoms with E-state index >= 15 is 0 Å². The first-order valence-electron chi connectivity index (χ1n) is 7.44. The number of allylic oxidation sites excluding steroid dienone is 4. The van der Waals surface area contributed by atoms with Crippen LogP contribution < -0.4 is 5.48 Å². The molecule has 5 heteroatoms. The lowest BCUT2D eigenvalue weighted by Gasteiger charge is -2.13. The molecule has 1 aliphatic carbocycles. The number of carbonyl (C=O) groups excluding carboxylic acids is 1. The van der Waals surface area contributed by atoms with E-state index in [4.69, 9.17) is 5.21 Å². The average Bonchev–Trinajstić information content (AvgIpc) is 2.61. The third-order valence-corrected chi connectivity index (χ3v) is 3.71. The number of aromatic nitrogens is 2. The van der Waals surface area contributed by atoms with Crippen LogP contribution >= 0.6 is 0 Å². The summed E-state index contributed by atoms with van der Waals surface area (Å²) in [7, 11) is 0. The Morgan fingerprint density at radius 1 is 1.30 bits per heavy atom. The Hall–Kier alpha value is -2.79. The highest BCUT2D eigenvalue weighted by Gasteiger charge is 2.17.